The maximum Gasteiger partial charge on any atom is 0.224 e. The summed E-state index contributed by atoms with van der Waals surface area (Å²) >= 11 is 6.34. The molecule has 3 N–H and O–H groups in total. The molecule has 0 atom stereocenters. The average Bonchev–Trinajstić information content (AvgIpc) is 2.64. The number of hydrogen-bond donors (Lipinski definition) is 2. The Bertz CT molecular complexity index is 792. The van der Waals surface area contributed by atoms with E-state index in [1.54, 1.807) is 13.3 Å². The quantitative estimate of drug-likeness (QED) is 0.774. The molecule has 0 aliphatic carbocycles. The molecule has 1 aliphatic heterocycles. The summed E-state index contributed by atoms with van der Waals surface area (Å²) in [5.74, 6) is 2.08. The molecule has 0 bridgehead atoms. The lowest BCUT2D eigenvalue weighted by Gasteiger charge is -2.23. The number of nitrogens with two attached hydrogens (primary N) is 1. The third-order valence-corrected chi connectivity index (χ3v) is 5.16. The summed E-state index contributed by atoms with van der Waals surface area (Å²) in [5.41, 5.74) is 9.39. The van der Waals surface area contributed by atoms with Gasteiger partial charge in [0.2, 0.25) is 5.95 Å². The van der Waals surface area contributed by atoms with E-state index in [4.69, 9.17) is 26.8 Å². The zero-order valence-corrected chi connectivity index (χ0v) is 16.8. The van der Waals surface area contributed by atoms with Gasteiger partial charge >= 0.3 is 0 Å². The van der Waals surface area contributed by atoms with E-state index < -0.39 is 0 Å². The number of halogens is 1. The van der Waals surface area contributed by atoms with E-state index in [0.29, 0.717) is 40.9 Å². The Labute approximate surface area is 165 Å². The maximum atomic E-state index is 6.34. The number of hydrogen-bond acceptors (Lipinski definition) is 6. The van der Waals surface area contributed by atoms with Crippen LogP contribution in [0.5, 0.6) is 5.75 Å². The predicted octanol–water partition coefficient (Wildman–Crippen LogP) is 4.03. The second kappa shape index (κ2) is 8.76. The van der Waals surface area contributed by atoms with Crippen molar-refractivity contribution in [2.75, 3.05) is 31.4 Å². The Morgan fingerprint density at radius 3 is 2.67 bits per heavy atom. The Hall–Kier alpha value is -2.05. The molecule has 0 saturated carbocycles. The van der Waals surface area contributed by atoms with Crippen molar-refractivity contribution in [3.8, 4) is 5.75 Å². The van der Waals surface area contributed by atoms with Crippen molar-refractivity contribution >= 4 is 23.4 Å². The van der Waals surface area contributed by atoms with Crippen LogP contribution in [0.2, 0.25) is 5.02 Å². The molecule has 1 aliphatic rings. The topological polar surface area (TPSA) is 82.3 Å². The van der Waals surface area contributed by atoms with Crippen molar-refractivity contribution in [1.82, 2.24) is 9.97 Å². The van der Waals surface area contributed by atoms with Gasteiger partial charge in [-0.25, -0.2) is 4.98 Å². The molecular formula is C20H27ClN4O2. The first kappa shape index (κ1) is 19.7. The van der Waals surface area contributed by atoms with Crippen molar-refractivity contribution in [2.24, 2.45) is 0 Å². The Morgan fingerprint density at radius 1 is 1.30 bits per heavy atom. The molecule has 0 amide bonds. The lowest BCUT2D eigenvalue weighted by Crippen LogP contribution is -2.28. The standard InChI is InChI=1S/C20H27ClN4O2/c1-12(2)16-10-18(26-3)17(21)9-13(16)8-14-11-23-20(25-19(14)22)24-15-4-6-27-7-5-15/h9-12,15H,4-8H2,1-3H3,(H3,22,23,24,25). The number of benzene rings is 1. The molecule has 3 rings (SSSR count). The van der Waals surface area contributed by atoms with Gasteiger partial charge in [-0.1, -0.05) is 25.4 Å². The minimum absolute atomic E-state index is 0.330. The Morgan fingerprint density at radius 2 is 2.04 bits per heavy atom. The molecule has 1 saturated heterocycles. The molecule has 27 heavy (non-hydrogen) atoms. The number of methoxy groups -OCH3 is 1. The minimum Gasteiger partial charge on any atom is -0.495 e. The molecule has 0 radical (unpaired) electrons. The van der Waals surface area contributed by atoms with Crippen molar-refractivity contribution in [1.29, 1.82) is 0 Å². The third-order valence-electron chi connectivity index (χ3n) is 4.87. The lowest BCUT2D eigenvalue weighted by molar-refractivity contribution is 0.0903. The van der Waals surface area contributed by atoms with E-state index in [1.165, 1.54) is 5.56 Å². The second-order valence-electron chi connectivity index (χ2n) is 7.15. The summed E-state index contributed by atoms with van der Waals surface area (Å²) < 4.78 is 10.7. The summed E-state index contributed by atoms with van der Waals surface area (Å²) in [6, 6.07) is 4.28. The smallest absolute Gasteiger partial charge is 0.224 e. The van der Waals surface area contributed by atoms with E-state index >= 15 is 0 Å². The zero-order chi connectivity index (χ0) is 19.4. The molecule has 2 aromatic rings. The van der Waals surface area contributed by atoms with E-state index in [0.717, 1.165) is 37.2 Å². The van der Waals surface area contributed by atoms with Crippen molar-refractivity contribution in [2.45, 2.75) is 45.1 Å². The number of nitrogens with one attached hydrogen (secondary N) is 1. The van der Waals surface area contributed by atoms with E-state index in [1.807, 2.05) is 12.1 Å². The molecular weight excluding hydrogens is 364 g/mol. The molecule has 146 valence electrons. The molecule has 2 heterocycles. The first-order valence-corrected chi connectivity index (χ1v) is 9.67. The Balaban J connectivity index is 1.80. The molecule has 0 unspecified atom stereocenters. The molecule has 1 aromatic carbocycles. The minimum atomic E-state index is 0.330. The summed E-state index contributed by atoms with van der Waals surface area (Å²) in [7, 11) is 1.63. The normalized spacial score (nSPS) is 15.1. The van der Waals surface area contributed by atoms with Crippen LogP contribution in [-0.2, 0) is 11.2 Å². The summed E-state index contributed by atoms with van der Waals surface area (Å²) in [4.78, 5) is 8.91. The molecule has 6 nitrogen and oxygen atoms in total. The van der Waals surface area contributed by atoms with Crippen molar-refractivity contribution in [3.05, 3.63) is 40.0 Å². The highest BCUT2D eigenvalue weighted by molar-refractivity contribution is 6.32. The van der Waals surface area contributed by atoms with E-state index in [9.17, 15) is 0 Å². The van der Waals surface area contributed by atoms with Crippen LogP contribution in [0.3, 0.4) is 0 Å². The molecule has 7 heteroatoms. The number of nitrogen functional groups attached to an aromatic ring is 1. The predicted molar refractivity (Wildman–Crippen MR) is 109 cm³/mol. The van der Waals surface area contributed by atoms with Crippen LogP contribution in [0, 0.1) is 0 Å². The van der Waals surface area contributed by atoms with Gasteiger partial charge in [-0.3, -0.25) is 0 Å². The molecule has 1 fully saturated rings. The fourth-order valence-corrected chi connectivity index (χ4v) is 3.58. The van der Waals surface area contributed by atoms with Crippen LogP contribution < -0.4 is 15.8 Å². The number of rotatable bonds is 6. The van der Waals surface area contributed by atoms with Gasteiger partial charge in [0.1, 0.15) is 11.6 Å². The number of nitrogens with zero attached hydrogens (tertiary/aromatic N) is 2. The molecule has 0 spiro atoms. The van der Waals surface area contributed by atoms with Gasteiger partial charge in [0.05, 0.1) is 12.1 Å². The highest BCUT2D eigenvalue weighted by Crippen LogP contribution is 2.33. The largest absolute Gasteiger partial charge is 0.495 e. The van der Waals surface area contributed by atoms with Crippen LogP contribution in [-0.4, -0.2) is 36.3 Å². The first-order chi connectivity index (χ1) is 13.0. The van der Waals surface area contributed by atoms with Crippen molar-refractivity contribution in [3.63, 3.8) is 0 Å². The summed E-state index contributed by atoms with van der Waals surface area (Å²) in [6.07, 6.45) is 4.33. The van der Waals surface area contributed by atoms with Crippen LogP contribution in [0.25, 0.3) is 0 Å². The van der Waals surface area contributed by atoms with Gasteiger partial charge < -0.3 is 20.5 Å². The number of aromatic nitrogens is 2. The van der Waals surface area contributed by atoms with Gasteiger partial charge in [0, 0.05) is 37.4 Å². The SMILES string of the molecule is COc1cc(C(C)C)c(Cc2cnc(NC3CCOCC3)nc2N)cc1Cl. The lowest BCUT2D eigenvalue weighted by atomic mass is 9.93. The van der Waals surface area contributed by atoms with Gasteiger partial charge in [-0.2, -0.15) is 4.98 Å². The third kappa shape index (κ3) is 4.82. The zero-order valence-electron chi connectivity index (χ0n) is 16.1. The van der Waals surface area contributed by atoms with Crippen LogP contribution in [0.1, 0.15) is 49.3 Å². The van der Waals surface area contributed by atoms with Crippen molar-refractivity contribution < 1.29 is 9.47 Å². The maximum absolute atomic E-state index is 6.34. The van der Waals surface area contributed by atoms with Crippen LogP contribution in [0.4, 0.5) is 11.8 Å². The fraction of sp³-hybridized carbons (Fsp3) is 0.500. The second-order valence-corrected chi connectivity index (χ2v) is 7.56. The summed E-state index contributed by atoms with van der Waals surface area (Å²) in [5, 5.41) is 3.94. The fourth-order valence-electron chi connectivity index (χ4n) is 3.31. The van der Waals surface area contributed by atoms with E-state index in [2.05, 4.69) is 29.1 Å². The first-order valence-electron chi connectivity index (χ1n) is 9.30. The highest BCUT2D eigenvalue weighted by atomic mass is 35.5. The average molecular weight is 391 g/mol. The summed E-state index contributed by atoms with van der Waals surface area (Å²) in [6.45, 7) is 5.82. The Kier molecular flexibility index (Phi) is 6.39. The van der Waals surface area contributed by atoms with Gasteiger partial charge in [0.15, 0.2) is 0 Å². The van der Waals surface area contributed by atoms with Crippen LogP contribution in [0.15, 0.2) is 18.3 Å². The van der Waals surface area contributed by atoms with Gasteiger partial charge in [0.25, 0.3) is 0 Å². The number of ether oxygens (including phenoxy) is 2. The highest BCUT2D eigenvalue weighted by Gasteiger charge is 2.17. The van der Waals surface area contributed by atoms with Crippen LogP contribution >= 0.6 is 11.6 Å². The monoisotopic (exact) mass is 390 g/mol. The van der Waals surface area contributed by atoms with Gasteiger partial charge in [-0.15, -0.1) is 0 Å². The van der Waals surface area contributed by atoms with E-state index in [-0.39, 0.29) is 0 Å². The van der Waals surface area contributed by atoms with Gasteiger partial charge in [-0.05, 0) is 42.0 Å². The molecule has 1 aromatic heterocycles. The number of anilines is 2.